The van der Waals surface area contributed by atoms with Crippen LogP contribution in [0.3, 0.4) is 0 Å². The maximum absolute atomic E-state index is 12.9. The second-order valence-corrected chi connectivity index (χ2v) is 8.13. The average molecular weight is 339 g/mol. The highest BCUT2D eigenvalue weighted by Crippen LogP contribution is 2.63. The summed E-state index contributed by atoms with van der Waals surface area (Å²) in [5, 5.41) is 7.35. The Morgan fingerprint density at radius 3 is 2.88 bits per heavy atom. The Bertz CT molecular complexity index is 826. The molecule has 25 heavy (non-hydrogen) atoms. The summed E-state index contributed by atoms with van der Waals surface area (Å²) in [6, 6.07) is 8.12. The minimum atomic E-state index is -0.252. The maximum Gasteiger partial charge on any atom is 0.224 e. The van der Waals surface area contributed by atoms with Crippen LogP contribution in [-0.4, -0.2) is 21.3 Å². The first-order chi connectivity index (χ1) is 11.8. The lowest BCUT2D eigenvalue weighted by Gasteiger charge is -2.38. The molecule has 1 N–H and O–H groups in total. The highest BCUT2D eigenvalue weighted by molar-refractivity contribution is 5.85. The van der Waals surface area contributed by atoms with Crippen LogP contribution in [-0.2, 0) is 17.3 Å². The number of carbonyl (C=O) groups is 1. The summed E-state index contributed by atoms with van der Waals surface area (Å²) in [7, 11) is 1.88. The lowest BCUT2D eigenvalue weighted by atomic mass is 9.80. The summed E-state index contributed by atoms with van der Waals surface area (Å²) in [5.74, 6) is 1.06. The Morgan fingerprint density at radius 1 is 1.40 bits per heavy atom. The topological polar surface area (TPSA) is 56.1 Å². The molecule has 0 radical (unpaired) electrons. The summed E-state index contributed by atoms with van der Waals surface area (Å²) >= 11 is 0. The van der Waals surface area contributed by atoms with Crippen molar-refractivity contribution in [2.45, 2.75) is 50.7 Å². The molecule has 0 saturated heterocycles. The molecule has 2 heterocycles. The van der Waals surface area contributed by atoms with Crippen molar-refractivity contribution < 1.29 is 9.53 Å². The molecule has 4 rings (SSSR count). The number of aryl methyl sites for hydroxylation is 1. The van der Waals surface area contributed by atoms with Crippen LogP contribution < -0.4 is 10.1 Å². The first kappa shape index (κ1) is 16.2. The van der Waals surface area contributed by atoms with Crippen LogP contribution in [0.1, 0.15) is 50.8 Å². The minimum absolute atomic E-state index is 0.0101. The van der Waals surface area contributed by atoms with Crippen molar-refractivity contribution in [3.8, 4) is 5.75 Å². The summed E-state index contributed by atoms with van der Waals surface area (Å²) in [6.07, 6.45) is 5.51. The summed E-state index contributed by atoms with van der Waals surface area (Å²) < 4.78 is 7.89. The van der Waals surface area contributed by atoms with E-state index in [0.717, 1.165) is 24.2 Å². The minimum Gasteiger partial charge on any atom is -0.488 e. The molecule has 1 fully saturated rings. The summed E-state index contributed by atoms with van der Waals surface area (Å²) in [5.41, 5.74) is 1.87. The number of benzene rings is 1. The SMILES string of the molecule is C[C@@H](NC(=O)[C@H]1C[C@@]12CC(C)(C)Oc1ccccc12)c1cnn(C)c1. The molecule has 1 aromatic heterocycles. The lowest BCUT2D eigenvalue weighted by molar-refractivity contribution is -0.123. The molecule has 2 aromatic rings. The summed E-state index contributed by atoms with van der Waals surface area (Å²) in [4.78, 5) is 12.9. The Labute approximate surface area is 148 Å². The number of fused-ring (bicyclic) bond motifs is 2. The van der Waals surface area contributed by atoms with Crippen LogP contribution >= 0.6 is 0 Å². The number of amides is 1. The van der Waals surface area contributed by atoms with Gasteiger partial charge in [-0.15, -0.1) is 0 Å². The van der Waals surface area contributed by atoms with Gasteiger partial charge in [0.25, 0.3) is 0 Å². The zero-order valence-electron chi connectivity index (χ0n) is 15.2. The van der Waals surface area contributed by atoms with Gasteiger partial charge >= 0.3 is 0 Å². The van der Waals surface area contributed by atoms with Crippen molar-refractivity contribution >= 4 is 5.91 Å². The molecule has 3 atom stereocenters. The number of rotatable bonds is 3. The van der Waals surface area contributed by atoms with Gasteiger partial charge in [0.05, 0.1) is 12.2 Å². The third-order valence-electron chi connectivity index (χ3n) is 5.53. The highest BCUT2D eigenvalue weighted by atomic mass is 16.5. The fourth-order valence-corrected chi connectivity index (χ4v) is 4.36. The second kappa shape index (κ2) is 5.35. The third kappa shape index (κ3) is 2.71. The molecule has 1 saturated carbocycles. The standard InChI is InChI=1S/C20H25N3O2/c1-13(14-10-21-23(4)11-14)22-18(24)16-9-20(16)12-19(2,3)25-17-8-6-5-7-15(17)20/h5-8,10-11,13,16H,9,12H2,1-4H3,(H,22,24)/t13-,16-,20+/m1/s1. The summed E-state index contributed by atoms with van der Waals surface area (Å²) in [6.45, 7) is 6.22. The number of nitrogens with zero attached hydrogens (tertiary/aromatic N) is 2. The van der Waals surface area contributed by atoms with Crippen molar-refractivity contribution in [2.24, 2.45) is 13.0 Å². The van der Waals surface area contributed by atoms with Crippen LogP contribution in [0.25, 0.3) is 0 Å². The highest BCUT2D eigenvalue weighted by Gasteiger charge is 2.63. The molecule has 1 aliphatic heterocycles. The van der Waals surface area contributed by atoms with Gasteiger partial charge in [0.15, 0.2) is 0 Å². The van der Waals surface area contributed by atoms with Gasteiger partial charge < -0.3 is 10.1 Å². The Kier molecular flexibility index (Phi) is 3.46. The van der Waals surface area contributed by atoms with Crippen LogP contribution in [0.15, 0.2) is 36.7 Å². The predicted molar refractivity (Wildman–Crippen MR) is 95.3 cm³/mol. The predicted octanol–water partition coefficient (Wildman–Crippen LogP) is 3.12. The van der Waals surface area contributed by atoms with Gasteiger partial charge in [-0.2, -0.15) is 5.10 Å². The first-order valence-electron chi connectivity index (χ1n) is 8.88. The molecule has 0 bridgehead atoms. The van der Waals surface area contributed by atoms with Gasteiger partial charge in [-0.3, -0.25) is 9.48 Å². The van der Waals surface area contributed by atoms with E-state index in [4.69, 9.17) is 4.74 Å². The van der Waals surface area contributed by atoms with Crippen LogP contribution in [0, 0.1) is 5.92 Å². The molecule has 1 spiro atoms. The van der Waals surface area contributed by atoms with E-state index in [1.165, 1.54) is 5.56 Å². The monoisotopic (exact) mass is 339 g/mol. The van der Waals surface area contributed by atoms with E-state index in [9.17, 15) is 4.79 Å². The van der Waals surface area contributed by atoms with Gasteiger partial charge in [-0.25, -0.2) is 0 Å². The van der Waals surface area contributed by atoms with Gasteiger partial charge in [0, 0.05) is 35.7 Å². The average Bonchev–Trinajstić information content (AvgIpc) is 3.06. The normalized spacial score (nSPS) is 27.3. The van der Waals surface area contributed by atoms with Crippen molar-refractivity contribution in [3.05, 3.63) is 47.8 Å². The number of carbonyl (C=O) groups excluding carboxylic acids is 1. The Hall–Kier alpha value is -2.30. The number of para-hydroxylation sites is 1. The lowest BCUT2D eigenvalue weighted by Crippen LogP contribution is -2.40. The van der Waals surface area contributed by atoms with Crippen LogP contribution in [0.4, 0.5) is 0 Å². The van der Waals surface area contributed by atoms with E-state index in [-0.39, 0.29) is 28.9 Å². The molecule has 2 aliphatic rings. The molecule has 1 aliphatic carbocycles. The van der Waals surface area contributed by atoms with Crippen molar-refractivity contribution in [3.63, 3.8) is 0 Å². The second-order valence-electron chi connectivity index (χ2n) is 8.13. The fraction of sp³-hybridized carbons (Fsp3) is 0.500. The zero-order chi connectivity index (χ0) is 17.8. The molecule has 0 unspecified atom stereocenters. The molecule has 132 valence electrons. The van der Waals surface area contributed by atoms with Crippen LogP contribution in [0.5, 0.6) is 5.75 Å². The van der Waals surface area contributed by atoms with E-state index in [2.05, 4.69) is 30.3 Å². The van der Waals surface area contributed by atoms with E-state index in [0.29, 0.717) is 0 Å². The number of aromatic nitrogens is 2. The quantitative estimate of drug-likeness (QED) is 0.935. The molecule has 1 aromatic carbocycles. The van der Waals surface area contributed by atoms with Crippen molar-refractivity contribution in [2.75, 3.05) is 0 Å². The molecular weight excluding hydrogens is 314 g/mol. The van der Waals surface area contributed by atoms with E-state index in [1.54, 1.807) is 10.9 Å². The van der Waals surface area contributed by atoms with Gasteiger partial charge in [0.1, 0.15) is 11.4 Å². The van der Waals surface area contributed by atoms with E-state index < -0.39 is 0 Å². The van der Waals surface area contributed by atoms with Crippen LogP contribution in [0.2, 0.25) is 0 Å². The first-order valence-corrected chi connectivity index (χ1v) is 8.88. The largest absolute Gasteiger partial charge is 0.488 e. The maximum atomic E-state index is 12.9. The van der Waals surface area contributed by atoms with E-state index >= 15 is 0 Å². The Balaban J connectivity index is 1.55. The number of ether oxygens (including phenoxy) is 1. The number of nitrogens with one attached hydrogen (secondary N) is 1. The molecular formula is C20H25N3O2. The molecule has 5 nitrogen and oxygen atoms in total. The Morgan fingerprint density at radius 2 is 2.16 bits per heavy atom. The number of hydrogen-bond donors (Lipinski definition) is 1. The van der Waals surface area contributed by atoms with Gasteiger partial charge in [0.2, 0.25) is 5.91 Å². The molecule has 1 amide bonds. The zero-order valence-corrected chi connectivity index (χ0v) is 15.2. The van der Waals surface area contributed by atoms with Gasteiger partial charge in [-0.05, 0) is 39.7 Å². The smallest absolute Gasteiger partial charge is 0.224 e. The van der Waals surface area contributed by atoms with Crippen molar-refractivity contribution in [1.82, 2.24) is 15.1 Å². The fourth-order valence-electron chi connectivity index (χ4n) is 4.36. The molecule has 5 heteroatoms. The van der Waals surface area contributed by atoms with Crippen molar-refractivity contribution in [1.29, 1.82) is 0 Å². The number of hydrogen-bond acceptors (Lipinski definition) is 3. The van der Waals surface area contributed by atoms with E-state index in [1.807, 2.05) is 38.4 Å². The van der Waals surface area contributed by atoms with Gasteiger partial charge in [-0.1, -0.05) is 18.2 Å². The third-order valence-corrected chi connectivity index (χ3v) is 5.53.